The van der Waals surface area contributed by atoms with E-state index in [1.54, 1.807) is 0 Å². The molecule has 0 radical (unpaired) electrons. The van der Waals surface area contributed by atoms with Gasteiger partial charge >= 0.3 is 6.03 Å². The maximum atomic E-state index is 12.0. The normalized spacial score (nSPS) is 15.2. The van der Waals surface area contributed by atoms with Crippen LogP contribution in [0.3, 0.4) is 0 Å². The van der Waals surface area contributed by atoms with Crippen LogP contribution in [-0.4, -0.2) is 48.3 Å². The molecule has 144 valence electrons. The summed E-state index contributed by atoms with van der Waals surface area (Å²) in [5.41, 5.74) is 2.59. The maximum Gasteiger partial charge on any atom is 0.315 e. The molecule has 1 aliphatic rings. The molecule has 1 aromatic rings. The lowest BCUT2D eigenvalue weighted by Gasteiger charge is -2.33. The minimum absolute atomic E-state index is 0.0419. The number of thioether (sulfide) groups is 1. The van der Waals surface area contributed by atoms with Crippen LogP contribution in [0, 0.1) is 12.8 Å². The first-order chi connectivity index (χ1) is 12.5. The molecule has 26 heavy (non-hydrogen) atoms. The Hall–Kier alpha value is -1.69. The third-order valence-corrected chi connectivity index (χ3v) is 5.59. The van der Waals surface area contributed by atoms with E-state index in [0.717, 1.165) is 37.4 Å². The molecule has 0 aromatic heterocycles. The Morgan fingerprint density at radius 2 is 1.85 bits per heavy atom. The Balaban J connectivity index is 1.55. The molecule has 0 spiro atoms. The van der Waals surface area contributed by atoms with Crippen molar-refractivity contribution in [2.24, 2.45) is 5.92 Å². The first-order valence-corrected chi connectivity index (χ1v) is 10.6. The van der Waals surface area contributed by atoms with E-state index in [1.165, 1.54) is 11.1 Å². The summed E-state index contributed by atoms with van der Waals surface area (Å²) in [6.45, 7) is 8.06. The molecule has 2 rings (SSSR count). The number of rotatable bonds is 7. The molecule has 6 heteroatoms. The molecule has 1 fully saturated rings. The average Bonchev–Trinajstić information content (AvgIpc) is 2.63. The number of piperidine rings is 1. The van der Waals surface area contributed by atoms with Gasteiger partial charge in [-0.2, -0.15) is 11.8 Å². The second-order valence-electron chi connectivity index (χ2n) is 7.19. The van der Waals surface area contributed by atoms with Crippen molar-refractivity contribution in [1.29, 1.82) is 0 Å². The number of aryl methyl sites for hydroxylation is 1. The van der Waals surface area contributed by atoms with Crippen LogP contribution in [0.1, 0.15) is 37.8 Å². The maximum absolute atomic E-state index is 12.0. The first-order valence-electron chi connectivity index (χ1n) is 9.42. The summed E-state index contributed by atoms with van der Waals surface area (Å²) in [5.74, 6) is 2.10. The molecular formula is C20H31N3O2S. The lowest BCUT2D eigenvalue weighted by Crippen LogP contribution is -2.50. The van der Waals surface area contributed by atoms with Crippen LogP contribution in [0.2, 0.25) is 0 Å². The Morgan fingerprint density at radius 3 is 2.46 bits per heavy atom. The van der Waals surface area contributed by atoms with Crippen LogP contribution < -0.4 is 10.6 Å². The van der Waals surface area contributed by atoms with Crippen molar-refractivity contribution < 1.29 is 9.59 Å². The number of carbonyl (C=O) groups excluding carboxylic acids is 2. The highest BCUT2D eigenvalue weighted by molar-refractivity contribution is 7.98. The molecule has 2 N–H and O–H groups in total. The number of benzene rings is 1. The van der Waals surface area contributed by atoms with Gasteiger partial charge in [0.05, 0.1) is 0 Å². The van der Waals surface area contributed by atoms with Crippen molar-refractivity contribution in [3.05, 3.63) is 35.4 Å². The monoisotopic (exact) mass is 377 g/mol. The molecule has 5 nitrogen and oxygen atoms in total. The van der Waals surface area contributed by atoms with Gasteiger partial charge in [0.15, 0.2) is 0 Å². The summed E-state index contributed by atoms with van der Waals surface area (Å²) in [6, 6.07) is 8.61. The number of urea groups is 1. The Labute approximate surface area is 161 Å². The van der Waals surface area contributed by atoms with Crippen molar-refractivity contribution in [3.63, 3.8) is 0 Å². The highest BCUT2D eigenvalue weighted by Crippen LogP contribution is 2.14. The fourth-order valence-electron chi connectivity index (χ4n) is 2.96. The number of hydrogen-bond donors (Lipinski definition) is 2. The predicted octanol–water partition coefficient (Wildman–Crippen LogP) is 3.17. The highest BCUT2D eigenvalue weighted by atomic mass is 32.2. The van der Waals surface area contributed by atoms with Crippen LogP contribution in [0.15, 0.2) is 24.3 Å². The Bertz CT molecular complexity index is 581. The summed E-state index contributed by atoms with van der Waals surface area (Å²) in [6.07, 6.45) is 1.65. The largest absolute Gasteiger partial charge is 0.342 e. The first kappa shape index (κ1) is 20.6. The third-order valence-electron chi connectivity index (χ3n) is 4.56. The summed E-state index contributed by atoms with van der Waals surface area (Å²) < 4.78 is 0. The lowest BCUT2D eigenvalue weighted by atomic mass is 10.0. The van der Waals surface area contributed by atoms with Gasteiger partial charge in [-0.1, -0.05) is 43.7 Å². The van der Waals surface area contributed by atoms with E-state index < -0.39 is 0 Å². The van der Waals surface area contributed by atoms with E-state index in [2.05, 4.69) is 41.8 Å². The molecule has 0 aliphatic carbocycles. The molecule has 1 aromatic carbocycles. The number of carbonyl (C=O) groups is 2. The number of hydrogen-bond acceptors (Lipinski definition) is 3. The summed E-state index contributed by atoms with van der Waals surface area (Å²) in [5, 5.41) is 5.95. The molecule has 1 saturated heterocycles. The zero-order valence-electron chi connectivity index (χ0n) is 16.1. The molecule has 0 atom stereocenters. The fraction of sp³-hybridized carbons (Fsp3) is 0.600. The topological polar surface area (TPSA) is 61.4 Å². The van der Waals surface area contributed by atoms with Crippen LogP contribution in [0.25, 0.3) is 0 Å². The second kappa shape index (κ2) is 10.5. The fourth-order valence-corrected chi connectivity index (χ4v) is 3.78. The van der Waals surface area contributed by atoms with E-state index in [4.69, 9.17) is 0 Å². The molecule has 1 aliphatic heterocycles. The van der Waals surface area contributed by atoms with Gasteiger partial charge in [-0.3, -0.25) is 4.79 Å². The molecule has 3 amide bonds. The summed E-state index contributed by atoms with van der Waals surface area (Å²) >= 11 is 1.82. The minimum Gasteiger partial charge on any atom is -0.342 e. The van der Waals surface area contributed by atoms with Gasteiger partial charge in [0, 0.05) is 43.1 Å². The molecule has 0 unspecified atom stereocenters. The van der Waals surface area contributed by atoms with Gasteiger partial charge < -0.3 is 15.5 Å². The zero-order valence-corrected chi connectivity index (χ0v) is 16.9. The Kier molecular flexibility index (Phi) is 8.29. The van der Waals surface area contributed by atoms with Gasteiger partial charge in [0.1, 0.15) is 0 Å². The van der Waals surface area contributed by atoms with Crippen molar-refractivity contribution in [3.8, 4) is 0 Å². The van der Waals surface area contributed by atoms with Gasteiger partial charge in [-0.15, -0.1) is 0 Å². The van der Waals surface area contributed by atoms with Gasteiger partial charge in [0.2, 0.25) is 5.91 Å². The standard InChI is InChI=1S/C20H31N3O2S/c1-15(2)19(24)23-11-8-18(9-12-23)22-20(25)21-10-13-26-14-17-6-4-16(3)5-7-17/h4-7,15,18H,8-14H2,1-3H3,(H2,21,22,25). The highest BCUT2D eigenvalue weighted by Gasteiger charge is 2.24. The Morgan fingerprint density at radius 1 is 1.19 bits per heavy atom. The molecule has 0 saturated carbocycles. The molecule has 1 heterocycles. The van der Waals surface area contributed by atoms with Crippen LogP contribution in [-0.2, 0) is 10.5 Å². The number of amides is 3. The van der Waals surface area contributed by atoms with Crippen molar-refractivity contribution in [1.82, 2.24) is 15.5 Å². The van der Waals surface area contributed by atoms with E-state index >= 15 is 0 Å². The lowest BCUT2D eigenvalue weighted by molar-refractivity contribution is -0.135. The van der Waals surface area contributed by atoms with E-state index in [-0.39, 0.29) is 23.9 Å². The summed E-state index contributed by atoms with van der Waals surface area (Å²) in [4.78, 5) is 25.9. The second-order valence-corrected chi connectivity index (χ2v) is 8.30. The van der Waals surface area contributed by atoms with Gasteiger partial charge in [0.25, 0.3) is 0 Å². The number of nitrogens with one attached hydrogen (secondary N) is 2. The van der Waals surface area contributed by atoms with Gasteiger partial charge in [-0.25, -0.2) is 4.79 Å². The van der Waals surface area contributed by atoms with Crippen molar-refractivity contribution in [2.45, 2.75) is 45.4 Å². The van der Waals surface area contributed by atoms with Crippen molar-refractivity contribution >= 4 is 23.7 Å². The molecular weight excluding hydrogens is 346 g/mol. The third kappa shape index (κ3) is 6.90. The minimum atomic E-state index is -0.102. The number of nitrogens with zero attached hydrogens (tertiary/aromatic N) is 1. The number of likely N-dealkylation sites (tertiary alicyclic amines) is 1. The van der Waals surface area contributed by atoms with Crippen LogP contribution in [0.5, 0.6) is 0 Å². The average molecular weight is 378 g/mol. The quantitative estimate of drug-likeness (QED) is 0.718. The van der Waals surface area contributed by atoms with E-state index in [0.29, 0.717) is 6.54 Å². The van der Waals surface area contributed by atoms with Crippen LogP contribution >= 0.6 is 11.8 Å². The van der Waals surface area contributed by atoms with Crippen LogP contribution in [0.4, 0.5) is 4.79 Å². The van der Waals surface area contributed by atoms with E-state index in [1.807, 2.05) is 30.5 Å². The molecule has 0 bridgehead atoms. The summed E-state index contributed by atoms with van der Waals surface area (Å²) in [7, 11) is 0. The smallest absolute Gasteiger partial charge is 0.315 e. The van der Waals surface area contributed by atoms with E-state index in [9.17, 15) is 9.59 Å². The van der Waals surface area contributed by atoms with Crippen molar-refractivity contribution in [2.75, 3.05) is 25.4 Å². The SMILES string of the molecule is Cc1ccc(CSCCNC(=O)NC2CCN(C(=O)C(C)C)CC2)cc1. The van der Waals surface area contributed by atoms with Gasteiger partial charge in [-0.05, 0) is 25.3 Å². The zero-order chi connectivity index (χ0) is 18.9. The predicted molar refractivity (Wildman–Crippen MR) is 108 cm³/mol.